The summed E-state index contributed by atoms with van der Waals surface area (Å²) in [4.78, 5) is 0. The van der Waals surface area contributed by atoms with Crippen molar-refractivity contribution in [3.8, 4) is 0 Å². The van der Waals surface area contributed by atoms with Crippen LogP contribution in [0.4, 0.5) is 5.69 Å². The van der Waals surface area contributed by atoms with E-state index in [0.29, 0.717) is 0 Å². The van der Waals surface area contributed by atoms with Gasteiger partial charge in [0, 0.05) is 23.8 Å². The molecule has 0 heterocycles. The van der Waals surface area contributed by atoms with Crippen LogP contribution < -0.4 is 10.6 Å². The molecule has 2 heteroatoms. The Labute approximate surface area is 196 Å². The molecule has 2 N–H and O–H groups in total. The lowest BCUT2D eigenvalue weighted by molar-refractivity contribution is 0.332. The molecule has 0 aliphatic heterocycles. The summed E-state index contributed by atoms with van der Waals surface area (Å²) in [6, 6.07) is 6.81. The molecule has 1 aliphatic rings. The first kappa shape index (κ1) is 25.5. The summed E-state index contributed by atoms with van der Waals surface area (Å²) in [5.41, 5.74) is 6.71. The van der Waals surface area contributed by atoms with Crippen LogP contribution in [-0.2, 0) is 10.8 Å². The molecular weight excluding hydrogens is 388 g/mol. The Bertz CT molecular complexity index is 944. The van der Waals surface area contributed by atoms with Gasteiger partial charge in [-0.1, -0.05) is 85.9 Å². The van der Waals surface area contributed by atoms with Gasteiger partial charge >= 0.3 is 0 Å². The molecule has 32 heavy (non-hydrogen) atoms. The molecule has 0 aromatic heterocycles. The summed E-state index contributed by atoms with van der Waals surface area (Å²) < 4.78 is 0. The van der Waals surface area contributed by atoms with Gasteiger partial charge < -0.3 is 10.6 Å². The largest absolute Gasteiger partial charge is 0.368 e. The smallest absolute Gasteiger partial charge is 0.0398 e. The van der Waals surface area contributed by atoms with Gasteiger partial charge in [-0.3, -0.25) is 0 Å². The monoisotopic (exact) mass is 430 g/mol. The summed E-state index contributed by atoms with van der Waals surface area (Å²) in [5, 5.41) is 6.76. The molecule has 1 aromatic rings. The highest BCUT2D eigenvalue weighted by atomic mass is 14.9. The van der Waals surface area contributed by atoms with E-state index in [1.807, 2.05) is 36.7 Å². The number of anilines is 1. The van der Waals surface area contributed by atoms with Crippen molar-refractivity contribution in [2.45, 2.75) is 72.1 Å². The second-order valence-corrected chi connectivity index (χ2v) is 10.9. The number of fused-ring (bicyclic) bond motifs is 1. The van der Waals surface area contributed by atoms with E-state index in [4.69, 9.17) is 0 Å². The number of rotatable bonds is 8. The number of hydrogen-bond donors (Lipinski definition) is 2. The second kappa shape index (κ2) is 10.3. The van der Waals surface area contributed by atoms with Crippen molar-refractivity contribution in [3.05, 3.63) is 103 Å². The standard InChI is InChI=1S/C30H42N2/c1-10-13-24(17-21-31-20-12-14-23(11-2)28(3,4)5)32-25-15-16-26-27(22-25)30(8,9)19-18-29(26,6)7/h10-17,20-22,31-32H,1-2,18-19H2,3-9H3/b20-12+,21-17+,23-14+,24-13+. The van der Waals surface area contributed by atoms with E-state index in [-0.39, 0.29) is 16.2 Å². The van der Waals surface area contributed by atoms with Crippen LogP contribution in [0.2, 0.25) is 0 Å². The van der Waals surface area contributed by atoms with Crippen LogP contribution in [0.5, 0.6) is 0 Å². The Morgan fingerprint density at radius 2 is 1.59 bits per heavy atom. The minimum absolute atomic E-state index is 0.0877. The maximum Gasteiger partial charge on any atom is 0.0398 e. The maximum atomic E-state index is 3.91. The van der Waals surface area contributed by atoms with Crippen molar-refractivity contribution in [2.75, 3.05) is 5.32 Å². The molecule has 0 atom stereocenters. The van der Waals surface area contributed by atoms with Gasteiger partial charge in [0.25, 0.3) is 0 Å². The Kier molecular flexibility index (Phi) is 8.18. The first-order chi connectivity index (χ1) is 14.9. The highest BCUT2D eigenvalue weighted by Crippen LogP contribution is 2.46. The molecule has 0 unspecified atom stereocenters. The minimum Gasteiger partial charge on any atom is -0.368 e. The lowest BCUT2D eigenvalue weighted by Crippen LogP contribution is -2.33. The molecule has 0 saturated carbocycles. The molecule has 1 aromatic carbocycles. The van der Waals surface area contributed by atoms with E-state index in [0.717, 1.165) is 11.4 Å². The predicted molar refractivity (Wildman–Crippen MR) is 143 cm³/mol. The molecule has 0 spiro atoms. The van der Waals surface area contributed by atoms with Gasteiger partial charge in [0.2, 0.25) is 0 Å². The van der Waals surface area contributed by atoms with Gasteiger partial charge in [-0.25, -0.2) is 0 Å². The molecule has 0 amide bonds. The van der Waals surface area contributed by atoms with E-state index in [1.54, 1.807) is 6.08 Å². The number of hydrogen-bond acceptors (Lipinski definition) is 2. The summed E-state index contributed by atoms with van der Waals surface area (Å²) >= 11 is 0. The van der Waals surface area contributed by atoms with Crippen molar-refractivity contribution < 1.29 is 0 Å². The fourth-order valence-electron chi connectivity index (χ4n) is 4.12. The van der Waals surface area contributed by atoms with Crippen molar-refractivity contribution in [3.63, 3.8) is 0 Å². The van der Waals surface area contributed by atoms with Crippen LogP contribution in [0.3, 0.4) is 0 Å². The maximum absolute atomic E-state index is 3.91. The minimum atomic E-state index is 0.0877. The van der Waals surface area contributed by atoms with E-state index in [1.165, 1.54) is 29.5 Å². The van der Waals surface area contributed by atoms with Gasteiger partial charge in [0.05, 0.1) is 0 Å². The first-order valence-corrected chi connectivity index (χ1v) is 11.6. The molecule has 0 fully saturated rings. The van der Waals surface area contributed by atoms with Gasteiger partial charge in [-0.2, -0.15) is 0 Å². The topological polar surface area (TPSA) is 24.1 Å². The molecule has 1 aliphatic carbocycles. The Balaban J connectivity index is 2.13. The molecule has 0 bridgehead atoms. The Morgan fingerprint density at radius 3 is 2.19 bits per heavy atom. The zero-order valence-corrected chi connectivity index (χ0v) is 21.2. The summed E-state index contributed by atoms with van der Waals surface area (Å²) in [6.45, 7) is 23.7. The molecule has 2 rings (SSSR count). The number of nitrogens with one attached hydrogen (secondary N) is 2. The Hall–Kier alpha value is -2.74. The quantitative estimate of drug-likeness (QED) is 0.405. The van der Waals surface area contributed by atoms with Gasteiger partial charge in [0.15, 0.2) is 0 Å². The highest BCUT2D eigenvalue weighted by Gasteiger charge is 2.36. The van der Waals surface area contributed by atoms with Gasteiger partial charge in [0.1, 0.15) is 0 Å². The first-order valence-electron chi connectivity index (χ1n) is 11.6. The average Bonchev–Trinajstić information content (AvgIpc) is 2.70. The number of benzene rings is 1. The fourth-order valence-corrected chi connectivity index (χ4v) is 4.12. The average molecular weight is 431 g/mol. The lowest BCUT2D eigenvalue weighted by atomic mass is 9.63. The molecule has 2 nitrogen and oxygen atoms in total. The van der Waals surface area contributed by atoms with Crippen LogP contribution in [0, 0.1) is 5.41 Å². The third-order valence-corrected chi connectivity index (χ3v) is 6.35. The third kappa shape index (κ3) is 6.63. The van der Waals surface area contributed by atoms with Crippen molar-refractivity contribution in [2.24, 2.45) is 5.41 Å². The molecule has 0 radical (unpaired) electrons. The zero-order chi connectivity index (χ0) is 24.0. The van der Waals surface area contributed by atoms with Crippen molar-refractivity contribution in [1.29, 1.82) is 0 Å². The van der Waals surface area contributed by atoms with Crippen LogP contribution in [-0.4, -0.2) is 0 Å². The third-order valence-electron chi connectivity index (χ3n) is 6.35. The van der Waals surface area contributed by atoms with E-state index < -0.39 is 0 Å². The van der Waals surface area contributed by atoms with E-state index in [9.17, 15) is 0 Å². The summed E-state index contributed by atoms with van der Waals surface area (Å²) in [7, 11) is 0. The normalized spacial score (nSPS) is 18.5. The van der Waals surface area contributed by atoms with Crippen LogP contribution in [0.1, 0.15) is 72.4 Å². The number of allylic oxidation sites excluding steroid dienone is 7. The van der Waals surface area contributed by atoms with Crippen LogP contribution in [0.25, 0.3) is 0 Å². The van der Waals surface area contributed by atoms with Gasteiger partial charge in [-0.05, 0) is 76.1 Å². The van der Waals surface area contributed by atoms with Crippen molar-refractivity contribution in [1.82, 2.24) is 5.32 Å². The van der Waals surface area contributed by atoms with E-state index >= 15 is 0 Å². The predicted octanol–water partition coefficient (Wildman–Crippen LogP) is 8.29. The molecular formula is C30H42N2. The van der Waals surface area contributed by atoms with Crippen LogP contribution >= 0.6 is 0 Å². The molecule has 0 saturated heterocycles. The lowest BCUT2D eigenvalue weighted by Gasteiger charge is -2.42. The molecule has 172 valence electrons. The summed E-state index contributed by atoms with van der Waals surface area (Å²) in [5.74, 6) is 0. The van der Waals surface area contributed by atoms with Crippen LogP contribution in [0.15, 0.2) is 91.5 Å². The summed E-state index contributed by atoms with van der Waals surface area (Å²) in [6.07, 6.45) is 18.1. The highest BCUT2D eigenvalue weighted by molar-refractivity contribution is 5.57. The SMILES string of the molecule is C=C/C=C(\C=C\N/C=C/C=C(\C=C)C(C)(C)C)Nc1ccc2c(c1)C(C)(C)CCC2(C)C. The fraction of sp³-hybridized carbons (Fsp3) is 0.400. The second-order valence-electron chi connectivity index (χ2n) is 10.9. The van der Waals surface area contributed by atoms with Crippen molar-refractivity contribution >= 4 is 5.69 Å². The Morgan fingerprint density at radius 1 is 0.938 bits per heavy atom. The van der Waals surface area contributed by atoms with Gasteiger partial charge in [-0.15, -0.1) is 0 Å². The zero-order valence-electron chi connectivity index (χ0n) is 21.2. The van der Waals surface area contributed by atoms with E-state index in [2.05, 4.69) is 96.5 Å².